The molecule has 1 aliphatic carbocycles. The van der Waals surface area contributed by atoms with Crippen molar-refractivity contribution in [2.45, 2.75) is 44.1 Å². The van der Waals surface area contributed by atoms with Crippen molar-refractivity contribution >= 4 is 5.97 Å². The van der Waals surface area contributed by atoms with Crippen molar-refractivity contribution in [2.75, 3.05) is 13.2 Å². The summed E-state index contributed by atoms with van der Waals surface area (Å²) in [5, 5.41) is 8.94. The van der Waals surface area contributed by atoms with Gasteiger partial charge in [-0.3, -0.25) is 4.98 Å². The minimum absolute atomic E-state index is 0.0325. The average molecular weight is 447 g/mol. The van der Waals surface area contributed by atoms with E-state index in [0.29, 0.717) is 18.3 Å². The molecule has 0 spiro atoms. The Morgan fingerprint density at radius 3 is 2.79 bits per heavy atom. The summed E-state index contributed by atoms with van der Waals surface area (Å²) in [4.78, 5) is 21.1. The number of carbonyl (C=O) groups is 1. The maximum atomic E-state index is 10.9. The number of rotatable bonds is 11. The van der Waals surface area contributed by atoms with E-state index in [1.807, 2.05) is 42.6 Å². The van der Waals surface area contributed by atoms with E-state index in [0.717, 1.165) is 43.2 Å². The first-order valence-electron chi connectivity index (χ1n) is 11.5. The van der Waals surface area contributed by atoms with Gasteiger partial charge in [-0.2, -0.15) is 5.48 Å². The molecular weight excluding hydrogens is 416 g/mol. The van der Waals surface area contributed by atoms with Crippen molar-refractivity contribution in [2.24, 2.45) is 0 Å². The van der Waals surface area contributed by atoms with E-state index < -0.39 is 5.97 Å². The molecule has 4 rings (SSSR count). The fourth-order valence-electron chi connectivity index (χ4n) is 4.52. The van der Waals surface area contributed by atoms with E-state index >= 15 is 0 Å². The van der Waals surface area contributed by atoms with Crippen LogP contribution in [-0.4, -0.2) is 29.3 Å². The van der Waals surface area contributed by atoms with Crippen LogP contribution in [0.3, 0.4) is 0 Å². The molecule has 0 radical (unpaired) electrons. The van der Waals surface area contributed by atoms with Gasteiger partial charge in [-0.15, -0.1) is 0 Å². The largest absolute Gasteiger partial charge is 0.482 e. The lowest BCUT2D eigenvalue weighted by atomic mass is 9.81. The van der Waals surface area contributed by atoms with E-state index in [-0.39, 0.29) is 12.6 Å². The number of fused-ring (bicyclic) bond motifs is 1. The minimum Gasteiger partial charge on any atom is -0.482 e. The molecule has 1 aromatic heterocycles. The van der Waals surface area contributed by atoms with Gasteiger partial charge < -0.3 is 14.7 Å². The first-order chi connectivity index (χ1) is 16.2. The summed E-state index contributed by atoms with van der Waals surface area (Å²) in [6, 6.07) is 20.3. The third-order valence-corrected chi connectivity index (χ3v) is 6.10. The molecule has 3 aromatic rings. The number of hydrogen-bond donors (Lipinski definition) is 2. The molecule has 172 valence electrons. The molecule has 0 amide bonds. The second-order valence-electron chi connectivity index (χ2n) is 8.38. The van der Waals surface area contributed by atoms with Gasteiger partial charge in [-0.25, -0.2) is 4.79 Å². The van der Waals surface area contributed by atoms with E-state index in [1.54, 1.807) is 6.20 Å². The van der Waals surface area contributed by atoms with E-state index in [9.17, 15) is 4.79 Å². The molecule has 2 atom stereocenters. The van der Waals surface area contributed by atoms with Gasteiger partial charge >= 0.3 is 5.97 Å². The highest BCUT2D eigenvalue weighted by Crippen LogP contribution is 2.38. The van der Waals surface area contributed by atoms with Crippen LogP contribution in [0.15, 0.2) is 73.1 Å². The van der Waals surface area contributed by atoms with Crippen LogP contribution in [0.2, 0.25) is 0 Å². The van der Waals surface area contributed by atoms with Crippen molar-refractivity contribution in [3.05, 3.63) is 95.3 Å². The van der Waals surface area contributed by atoms with Gasteiger partial charge in [0.2, 0.25) is 0 Å². The first kappa shape index (κ1) is 23.0. The number of carboxylic acid groups (broad SMARTS) is 1. The fraction of sp³-hybridized carbons (Fsp3) is 0.333. The normalized spacial score (nSPS) is 16.1. The number of ether oxygens (including phenoxy) is 1. The van der Waals surface area contributed by atoms with Crippen LogP contribution in [-0.2, 0) is 22.5 Å². The van der Waals surface area contributed by atoms with Crippen LogP contribution >= 0.6 is 0 Å². The number of benzene rings is 2. The SMILES string of the molecule is O=C(O)COc1cccc2c1CCCC2CCONC(Cc1cccnc1)c1ccccc1. The van der Waals surface area contributed by atoms with Gasteiger partial charge in [0.25, 0.3) is 0 Å². The highest BCUT2D eigenvalue weighted by Gasteiger charge is 2.23. The Balaban J connectivity index is 1.36. The van der Waals surface area contributed by atoms with Gasteiger partial charge in [0.05, 0.1) is 12.6 Å². The molecule has 0 aliphatic heterocycles. The van der Waals surface area contributed by atoms with Crippen molar-refractivity contribution in [1.29, 1.82) is 0 Å². The highest BCUT2D eigenvalue weighted by atomic mass is 16.6. The third-order valence-electron chi connectivity index (χ3n) is 6.10. The number of aliphatic carboxylic acids is 1. The summed E-state index contributed by atoms with van der Waals surface area (Å²) in [6.07, 6.45) is 8.42. The van der Waals surface area contributed by atoms with Crippen molar-refractivity contribution in [3.8, 4) is 5.75 Å². The maximum absolute atomic E-state index is 10.9. The summed E-state index contributed by atoms with van der Waals surface area (Å²) in [6.45, 7) is 0.270. The molecule has 2 unspecified atom stereocenters. The number of carboxylic acids is 1. The lowest BCUT2D eigenvalue weighted by Crippen LogP contribution is -2.25. The van der Waals surface area contributed by atoms with E-state index in [4.69, 9.17) is 14.7 Å². The molecule has 1 aliphatic rings. The molecule has 2 aromatic carbocycles. The summed E-state index contributed by atoms with van der Waals surface area (Å²) < 4.78 is 5.53. The molecule has 6 nitrogen and oxygen atoms in total. The Labute approximate surface area is 194 Å². The van der Waals surface area contributed by atoms with Crippen molar-refractivity contribution in [1.82, 2.24) is 10.5 Å². The van der Waals surface area contributed by atoms with Gasteiger partial charge in [0.1, 0.15) is 5.75 Å². The van der Waals surface area contributed by atoms with Gasteiger partial charge in [0, 0.05) is 12.4 Å². The molecule has 6 heteroatoms. The second-order valence-corrected chi connectivity index (χ2v) is 8.38. The number of nitrogens with zero attached hydrogens (tertiary/aromatic N) is 1. The lowest BCUT2D eigenvalue weighted by molar-refractivity contribution is -0.139. The fourth-order valence-corrected chi connectivity index (χ4v) is 4.52. The van der Waals surface area contributed by atoms with Gasteiger partial charge in [-0.1, -0.05) is 48.5 Å². The molecular formula is C27H30N2O4. The quantitative estimate of drug-likeness (QED) is 0.323. The van der Waals surface area contributed by atoms with E-state index in [2.05, 4.69) is 34.7 Å². The minimum atomic E-state index is -0.960. The Hall–Kier alpha value is -3.22. The summed E-state index contributed by atoms with van der Waals surface area (Å²) in [7, 11) is 0. The summed E-state index contributed by atoms with van der Waals surface area (Å²) >= 11 is 0. The Morgan fingerprint density at radius 1 is 1.12 bits per heavy atom. The molecule has 0 saturated carbocycles. The van der Waals surface area contributed by atoms with Crippen molar-refractivity contribution in [3.63, 3.8) is 0 Å². The van der Waals surface area contributed by atoms with E-state index in [1.165, 1.54) is 11.1 Å². The number of aromatic nitrogens is 1. The predicted octanol–water partition coefficient (Wildman–Crippen LogP) is 4.86. The van der Waals surface area contributed by atoms with Gasteiger partial charge in [-0.05, 0) is 72.4 Å². The Morgan fingerprint density at radius 2 is 2.00 bits per heavy atom. The zero-order chi connectivity index (χ0) is 22.9. The van der Waals surface area contributed by atoms with Crippen LogP contribution < -0.4 is 10.2 Å². The molecule has 33 heavy (non-hydrogen) atoms. The molecule has 2 N–H and O–H groups in total. The number of nitrogens with one attached hydrogen (secondary N) is 1. The smallest absolute Gasteiger partial charge is 0.341 e. The zero-order valence-electron chi connectivity index (χ0n) is 18.7. The summed E-state index contributed by atoms with van der Waals surface area (Å²) in [5.41, 5.74) is 7.99. The van der Waals surface area contributed by atoms with Gasteiger partial charge in [0.15, 0.2) is 6.61 Å². The monoisotopic (exact) mass is 446 g/mol. The van der Waals surface area contributed by atoms with Crippen molar-refractivity contribution < 1.29 is 19.5 Å². The topological polar surface area (TPSA) is 80.7 Å². The maximum Gasteiger partial charge on any atom is 0.341 e. The van der Waals surface area contributed by atoms with Crippen LogP contribution in [0.1, 0.15) is 53.5 Å². The Bertz CT molecular complexity index is 1030. The predicted molar refractivity (Wildman–Crippen MR) is 126 cm³/mol. The number of hydrogen-bond acceptors (Lipinski definition) is 5. The van der Waals surface area contributed by atoms with Crippen LogP contribution in [0.25, 0.3) is 0 Å². The molecule has 1 heterocycles. The first-order valence-corrected chi connectivity index (χ1v) is 11.5. The summed E-state index contributed by atoms with van der Waals surface area (Å²) in [5.74, 6) is 0.107. The molecule has 0 fully saturated rings. The molecule has 0 bridgehead atoms. The Kier molecular flexibility index (Phi) is 8.06. The number of pyridine rings is 1. The third kappa shape index (κ3) is 6.40. The average Bonchev–Trinajstić information content (AvgIpc) is 2.85. The van der Waals surface area contributed by atoms with Crippen LogP contribution in [0, 0.1) is 0 Å². The second kappa shape index (κ2) is 11.6. The lowest BCUT2D eigenvalue weighted by Gasteiger charge is -2.27. The molecule has 0 saturated heterocycles. The number of hydroxylamine groups is 1. The van der Waals surface area contributed by atoms with Crippen LogP contribution in [0.4, 0.5) is 0 Å². The zero-order valence-corrected chi connectivity index (χ0v) is 18.7. The standard InChI is InChI=1S/C27H30N2O4/c30-27(31)19-32-26-13-5-11-23-21(10-4-12-24(23)26)14-16-33-29-25(22-8-2-1-3-9-22)17-20-7-6-15-28-18-20/h1-3,5-9,11,13,15,18,21,25,29H,4,10,12,14,16-17,19H2,(H,30,31). The highest BCUT2D eigenvalue weighted by molar-refractivity contribution is 5.68. The van der Waals surface area contributed by atoms with Crippen LogP contribution in [0.5, 0.6) is 5.75 Å².